The Morgan fingerprint density at radius 3 is 2.46 bits per heavy atom. The summed E-state index contributed by atoms with van der Waals surface area (Å²) in [5, 5.41) is 2.10. The molecular weight excluding hydrogens is 396 g/mol. The molecule has 0 amide bonds. The molecule has 3 aromatic carbocycles. The highest BCUT2D eigenvalue weighted by Gasteiger charge is 2.09. The van der Waals surface area contributed by atoms with E-state index in [1.807, 2.05) is 18.2 Å². The third kappa shape index (κ3) is 3.56. The first kappa shape index (κ1) is 18.4. The molecule has 0 aliphatic carbocycles. The number of nitrogens with zero attached hydrogens (tertiary/aromatic N) is 1. The van der Waals surface area contributed by atoms with E-state index in [-0.39, 0.29) is 5.43 Å². The van der Waals surface area contributed by atoms with Crippen molar-refractivity contribution in [2.45, 2.75) is 0 Å². The Labute approximate surface area is 166 Å². The fourth-order valence-corrected chi connectivity index (χ4v) is 3.92. The van der Waals surface area contributed by atoms with Gasteiger partial charge < -0.3 is 0 Å². The van der Waals surface area contributed by atoms with E-state index >= 15 is 0 Å². The van der Waals surface area contributed by atoms with Crippen LogP contribution in [-0.2, 0) is 10.0 Å². The number of pyridine rings is 1. The average Bonchev–Trinajstić information content (AvgIpc) is 2.78. The lowest BCUT2D eigenvalue weighted by Gasteiger charge is -2.05. The van der Waals surface area contributed by atoms with Crippen molar-refractivity contribution in [1.82, 2.24) is 4.98 Å². The summed E-state index contributed by atoms with van der Waals surface area (Å²) in [5.41, 5.74) is 2.18. The summed E-state index contributed by atoms with van der Waals surface area (Å²) >= 11 is 6.28. The molecule has 0 radical (unpaired) electrons. The molecule has 4 rings (SSSR count). The highest BCUT2D eigenvalue weighted by atomic mass is 35.5. The van der Waals surface area contributed by atoms with E-state index in [0.29, 0.717) is 32.4 Å². The van der Waals surface area contributed by atoms with Gasteiger partial charge in [0.25, 0.3) is 0 Å². The second-order valence-corrected chi connectivity index (χ2v) is 8.63. The fourth-order valence-electron chi connectivity index (χ4n) is 3.12. The van der Waals surface area contributed by atoms with Crippen LogP contribution in [-0.4, -0.2) is 19.7 Å². The SMILES string of the molecule is CS(=O)(=O)Nc1ccc2ccc3ncc(-c4ccccc4Cl)cc3c(=O)c2c1. The Kier molecular flexibility index (Phi) is 4.53. The van der Waals surface area contributed by atoms with Crippen LogP contribution >= 0.6 is 11.6 Å². The number of benzene rings is 2. The van der Waals surface area contributed by atoms with Gasteiger partial charge in [-0.15, -0.1) is 0 Å². The Balaban J connectivity index is 2.00. The maximum atomic E-state index is 13.2. The predicted octanol–water partition coefficient (Wildman–Crippen LogP) is 4.44. The summed E-state index contributed by atoms with van der Waals surface area (Å²) in [6.07, 6.45) is 2.75. The molecule has 0 aliphatic rings. The number of hydrogen-bond donors (Lipinski definition) is 1. The van der Waals surface area contributed by atoms with Crippen LogP contribution in [0.3, 0.4) is 0 Å². The van der Waals surface area contributed by atoms with Gasteiger partial charge in [0, 0.05) is 38.8 Å². The van der Waals surface area contributed by atoms with Gasteiger partial charge >= 0.3 is 0 Å². The van der Waals surface area contributed by atoms with Gasteiger partial charge in [0.05, 0.1) is 11.8 Å². The van der Waals surface area contributed by atoms with Crippen molar-refractivity contribution in [3.8, 4) is 11.1 Å². The largest absolute Gasteiger partial charge is 0.289 e. The lowest BCUT2D eigenvalue weighted by atomic mass is 10.1. The molecule has 140 valence electrons. The minimum atomic E-state index is -3.44. The van der Waals surface area contributed by atoms with Crippen molar-refractivity contribution in [3.05, 3.63) is 82.1 Å². The molecule has 0 aliphatic heterocycles. The molecule has 0 spiro atoms. The molecular formula is C21H15ClN2O3S. The molecule has 28 heavy (non-hydrogen) atoms. The van der Waals surface area contributed by atoms with Crippen molar-refractivity contribution >= 4 is 49.0 Å². The summed E-state index contributed by atoms with van der Waals surface area (Å²) in [5.74, 6) is 0. The molecule has 1 heterocycles. The van der Waals surface area contributed by atoms with E-state index in [1.165, 1.54) is 0 Å². The van der Waals surface area contributed by atoms with Gasteiger partial charge in [0.1, 0.15) is 0 Å². The summed E-state index contributed by atoms with van der Waals surface area (Å²) in [4.78, 5) is 17.7. The van der Waals surface area contributed by atoms with Gasteiger partial charge in [0.15, 0.2) is 5.43 Å². The van der Waals surface area contributed by atoms with Gasteiger partial charge in [-0.05, 0) is 35.7 Å². The van der Waals surface area contributed by atoms with Crippen LogP contribution < -0.4 is 10.2 Å². The Bertz CT molecular complexity index is 1400. The first-order chi connectivity index (χ1) is 13.3. The molecule has 0 unspecified atom stereocenters. The fraction of sp³-hybridized carbons (Fsp3) is 0.0476. The van der Waals surface area contributed by atoms with Crippen molar-refractivity contribution in [1.29, 1.82) is 0 Å². The predicted molar refractivity (Wildman–Crippen MR) is 114 cm³/mol. The monoisotopic (exact) mass is 410 g/mol. The lowest BCUT2D eigenvalue weighted by Crippen LogP contribution is -2.10. The van der Waals surface area contributed by atoms with E-state index in [9.17, 15) is 13.2 Å². The van der Waals surface area contributed by atoms with Crippen LogP contribution in [0.15, 0.2) is 71.7 Å². The van der Waals surface area contributed by atoms with Crippen LogP contribution in [0.25, 0.3) is 32.8 Å². The van der Waals surface area contributed by atoms with Crippen molar-refractivity contribution in [2.24, 2.45) is 0 Å². The first-order valence-electron chi connectivity index (χ1n) is 8.41. The second kappa shape index (κ2) is 6.89. The zero-order valence-electron chi connectivity index (χ0n) is 14.8. The highest BCUT2D eigenvalue weighted by molar-refractivity contribution is 7.92. The molecule has 1 aromatic heterocycles. The Hall–Kier alpha value is -2.96. The Morgan fingerprint density at radius 1 is 0.964 bits per heavy atom. The van der Waals surface area contributed by atoms with Crippen LogP contribution in [0.4, 0.5) is 5.69 Å². The number of nitrogens with one attached hydrogen (secondary N) is 1. The summed E-state index contributed by atoms with van der Waals surface area (Å²) in [6, 6.07) is 17.6. The van der Waals surface area contributed by atoms with E-state index in [0.717, 1.165) is 17.4 Å². The summed E-state index contributed by atoms with van der Waals surface area (Å²) in [6.45, 7) is 0. The van der Waals surface area contributed by atoms with E-state index < -0.39 is 10.0 Å². The first-order valence-corrected chi connectivity index (χ1v) is 10.7. The molecule has 5 nitrogen and oxygen atoms in total. The van der Waals surface area contributed by atoms with Crippen LogP contribution in [0.5, 0.6) is 0 Å². The zero-order chi connectivity index (χ0) is 19.9. The van der Waals surface area contributed by atoms with Gasteiger partial charge in [0.2, 0.25) is 10.0 Å². The van der Waals surface area contributed by atoms with Gasteiger partial charge in [-0.1, -0.05) is 41.9 Å². The lowest BCUT2D eigenvalue weighted by molar-refractivity contribution is 0.607. The maximum absolute atomic E-state index is 13.2. The second-order valence-electron chi connectivity index (χ2n) is 6.48. The van der Waals surface area contributed by atoms with Crippen molar-refractivity contribution in [3.63, 3.8) is 0 Å². The number of sulfonamides is 1. The molecule has 0 saturated heterocycles. The highest BCUT2D eigenvalue weighted by Crippen LogP contribution is 2.28. The van der Waals surface area contributed by atoms with E-state index in [2.05, 4.69) is 9.71 Å². The van der Waals surface area contributed by atoms with Crippen LogP contribution in [0.2, 0.25) is 5.02 Å². The topological polar surface area (TPSA) is 76.1 Å². The molecule has 0 fully saturated rings. The number of fused-ring (bicyclic) bond motifs is 2. The summed E-state index contributed by atoms with van der Waals surface area (Å²) in [7, 11) is -3.44. The quantitative estimate of drug-likeness (QED) is 0.541. The van der Waals surface area contributed by atoms with Crippen molar-refractivity contribution in [2.75, 3.05) is 11.0 Å². The third-order valence-corrected chi connectivity index (χ3v) is 5.31. The number of rotatable bonds is 3. The molecule has 4 aromatic rings. The third-order valence-electron chi connectivity index (χ3n) is 4.37. The normalized spacial score (nSPS) is 11.6. The molecule has 7 heteroatoms. The number of aromatic nitrogens is 1. The number of hydrogen-bond acceptors (Lipinski definition) is 4. The van der Waals surface area contributed by atoms with E-state index in [4.69, 9.17) is 11.6 Å². The molecule has 0 bridgehead atoms. The van der Waals surface area contributed by atoms with Gasteiger partial charge in [-0.3, -0.25) is 14.5 Å². The zero-order valence-corrected chi connectivity index (χ0v) is 16.4. The van der Waals surface area contributed by atoms with Crippen molar-refractivity contribution < 1.29 is 8.42 Å². The Morgan fingerprint density at radius 2 is 1.71 bits per heavy atom. The summed E-state index contributed by atoms with van der Waals surface area (Å²) < 4.78 is 25.4. The molecule has 0 atom stereocenters. The maximum Gasteiger partial charge on any atom is 0.229 e. The smallest absolute Gasteiger partial charge is 0.229 e. The average molecular weight is 411 g/mol. The van der Waals surface area contributed by atoms with Gasteiger partial charge in [-0.25, -0.2) is 8.42 Å². The number of halogens is 1. The minimum absolute atomic E-state index is 0.228. The van der Waals surface area contributed by atoms with Crippen LogP contribution in [0.1, 0.15) is 0 Å². The molecule has 0 saturated carbocycles. The standard InChI is InChI=1S/C21H15ClN2O3S/c1-28(26,27)24-15-8-6-13-7-9-20-18(21(25)17(13)11-15)10-14(12-23-20)16-4-2-3-5-19(16)22/h2-12,24H,1H3. The minimum Gasteiger partial charge on any atom is -0.289 e. The molecule has 1 N–H and O–H groups in total. The van der Waals surface area contributed by atoms with Gasteiger partial charge in [-0.2, -0.15) is 0 Å². The van der Waals surface area contributed by atoms with E-state index in [1.54, 1.807) is 48.7 Å². The number of anilines is 1. The van der Waals surface area contributed by atoms with Crippen LogP contribution in [0, 0.1) is 0 Å².